The van der Waals surface area contributed by atoms with Crippen LogP contribution in [0.5, 0.6) is 5.75 Å². The number of benzene rings is 1. The van der Waals surface area contributed by atoms with E-state index in [1.54, 1.807) is 13.1 Å². The molecule has 0 spiro atoms. The van der Waals surface area contributed by atoms with Crippen molar-refractivity contribution in [3.8, 4) is 5.75 Å². The number of amides is 1. The molecule has 0 fully saturated rings. The lowest BCUT2D eigenvalue weighted by Crippen LogP contribution is -2.37. The van der Waals surface area contributed by atoms with Gasteiger partial charge in [-0.15, -0.1) is 0 Å². The summed E-state index contributed by atoms with van der Waals surface area (Å²) >= 11 is 0. The number of aromatic nitrogens is 1. The van der Waals surface area contributed by atoms with E-state index in [0.717, 1.165) is 17.0 Å². The molecule has 3 N–H and O–H groups in total. The quantitative estimate of drug-likeness (QED) is 0.845. The van der Waals surface area contributed by atoms with Crippen molar-refractivity contribution in [1.82, 2.24) is 10.3 Å². The highest BCUT2D eigenvalue weighted by Crippen LogP contribution is 2.13. The Morgan fingerprint density at radius 2 is 2.05 bits per heavy atom. The maximum atomic E-state index is 11.4. The first-order valence-corrected chi connectivity index (χ1v) is 6.80. The predicted octanol–water partition coefficient (Wildman–Crippen LogP) is 1.62. The van der Waals surface area contributed by atoms with E-state index in [9.17, 15) is 4.79 Å². The van der Waals surface area contributed by atoms with E-state index >= 15 is 0 Å². The molecule has 1 atom stereocenters. The molecule has 0 unspecified atom stereocenters. The van der Waals surface area contributed by atoms with Crippen LogP contribution in [0.1, 0.15) is 18.2 Å². The second kappa shape index (κ2) is 7.40. The van der Waals surface area contributed by atoms with E-state index in [4.69, 9.17) is 10.5 Å². The first-order valence-electron chi connectivity index (χ1n) is 6.80. The normalized spacial score (nSPS) is 11.7. The van der Waals surface area contributed by atoms with E-state index in [2.05, 4.69) is 10.3 Å². The van der Waals surface area contributed by atoms with Gasteiger partial charge in [0.25, 0.3) is 0 Å². The van der Waals surface area contributed by atoms with E-state index in [-0.39, 0.29) is 5.91 Å². The maximum Gasteiger partial charge on any atom is 0.236 e. The summed E-state index contributed by atoms with van der Waals surface area (Å²) in [5.74, 6) is 0.605. The number of nitrogens with one attached hydrogen (secondary N) is 1. The van der Waals surface area contributed by atoms with Gasteiger partial charge < -0.3 is 15.8 Å². The van der Waals surface area contributed by atoms with Gasteiger partial charge in [0.05, 0.1) is 11.7 Å². The Bertz CT molecular complexity index is 568. The average Bonchev–Trinajstić information content (AvgIpc) is 2.52. The van der Waals surface area contributed by atoms with Crippen molar-refractivity contribution in [3.05, 3.63) is 59.9 Å². The largest absolute Gasteiger partial charge is 0.487 e. The number of hydrogen-bond acceptors (Lipinski definition) is 4. The standard InChI is InChI=1S/C16H19N3O2/c1-12(17)16(20)19-10-13-5-7-15(8-6-13)21-11-14-4-2-3-9-18-14/h2-9,12H,10-11,17H2,1H3,(H,19,20)/t12-/m1/s1. The minimum Gasteiger partial charge on any atom is -0.487 e. The molecule has 5 nitrogen and oxygen atoms in total. The lowest BCUT2D eigenvalue weighted by Gasteiger charge is -2.09. The van der Waals surface area contributed by atoms with Crippen LogP contribution in [0.2, 0.25) is 0 Å². The van der Waals surface area contributed by atoms with Crippen LogP contribution < -0.4 is 15.8 Å². The van der Waals surface area contributed by atoms with Gasteiger partial charge in [-0.3, -0.25) is 9.78 Å². The molecule has 0 bridgehead atoms. The van der Waals surface area contributed by atoms with Crippen LogP contribution in [0, 0.1) is 0 Å². The fourth-order valence-electron chi connectivity index (χ4n) is 1.69. The Morgan fingerprint density at radius 1 is 1.29 bits per heavy atom. The van der Waals surface area contributed by atoms with Crippen molar-refractivity contribution in [2.45, 2.75) is 26.1 Å². The summed E-state index contributed by atoms with van der Waals surface area (Å²) in [6.07, 6.45) is 1.74. The highest BCUT2D eigenvalue weighted by Gasteiger charge is 2.06. The molecule has 0 aliphatic heterocycles. The van der Waals surface area contributed by atoms with Crippen LogP contribution in [-0.2, 0) is 17.9 Å². The number of carbonyl (C=O) groups is 1. The van der Waals surface area contributed by atoms with E-state index in [0.29, 0.717) is 13.2 Å². The van der Waals surface area contributed by atoms with Gasteiger partial charge in [0.2, 0.25) is 5.91 Å². The van der Waals surface area contributed by atoms with Crippen LogP contribution in [0.15, 0.2) is 48.7 Å². The van der Waals surface area contributed by atoms with E-state index in [1.807, 2.05) is 42.5 Å². The van der Waals surface area contributed by atoms with Crippen LogP contribution in [0.3, 0.4) is 0 Å². The van der Waals surface area contributed by atoms with Crippen molar-refractivity contribution >= 4 is 5.91 Å². The second-order valence-electron chi connectivity index (χ2n) is 4.76. The topological polar surface area (TPSA) is 77.2 Å². The van der Waals surface area contributed by atoms with Crippen molar-refractivity contribution in [1.29, 1.82) is 0 Å². The number of pyridine rings is 1. The number of carbonyl (C=O) groups excluding carboxylic acids is 1. The fraction of sp³-hybridized carbons (Fsp3) is 0.250. The molecule has 1 aromatic heterocycles. The summed E-state index contributed by atoms with van der Waals surface area (Å²) < 4.78 is 5.64. The first kappa shape index (κ1) is 15.0. The van der Waals surface area contributed by atoms with Gasteiger partial charge in [0.15, 0.2) is 0 Å². The Kier molecular flexibility index (Phi) is 5.29. The van der Waals surface area contributed by atoms with Crippen molar-refractivity contribution in [2.75, 3.05) is 0 Å². The molecule has 0 aliphatic rings. The zero-order valence-corrected chi connectivity index (χ0v) is 12.0. The van der Waals surface area contributed by atoms with Crippen molar-refractivity contribution < 1.29 is 9.53 Å². The molecule has 0 saturated carbocycles. The van der Waals surface area contributed by atoms with Gasteiger partial charge in [0.1, 0.15) is 12.4 Å². The third-order valence-corrected chi connectivity index (χ3v) is 2.92. The van der Waals surface area contributed by atoms with Crippen LogP contribution in [-0.4, -0.2) is 16.9 Å². The summed E-state index contributed by atoms with van der Waals surface area (Å²) in [7, 11) is 0. The molecular formula is C16H19N3O2. The smallest absolute Gasteiger partial charge is 0.236 e. The molecule has 1 aromatic carbocycles. The van der Waals surface area contributed by atoms with Gasteiger partial charge in [-0.05, 0) is 36.8 Å². The highest BCUT2D eigenvalue weighted by molar-refractivity contribution is 5.80. The van der Waals surface area contributed by atoms with Crippen molar-refractivity contribution in [2.24, 2.45) is 5.73 Å². The lowest BCUT2D eigenvalue weighted by molar-refractivity contribution is -0.122. The zero-order valence-electron chi connectivity index (χ0n) is 12.0. The molecule has 2 aromatic rings. The monoisotopic (exact) mass is 285 g/mol. The van der Waals surface area contributed by atoms with Gasteiger partial charge in [-0.1, -0.05) is 18.2 Å². The average molecular weight is 285 g/mol. The molecule has 0 aliphatic carbocycles. The van der Waals surface area contributed by atoms with E-state index in [1.165, 1.54) is 0 Å². The summed E-state index contributed by atoms with van der Waals surface area (Å²) in [5.41, 5.74) is 7.36. The van der Waals surface area contributed by atoms with Crippen LogP contribution in [0.25, 0.3) is 0 Å². The van der Waals surface area contributed by atoms with Gasteiger partial charge >= 0.3 is 0 Å². The summed E-state index contributed by atoms with van der Waals surface area (Å²) in [4.78, 5) is 15.6. The van der Waals surface area contributed by atoms with Gasteiger partial charge in [-0.2, -0.15) is 0 Å². The zero-order chi connectivity index (χ0) is 15.1. The Balaban J connectivity index is 1.83. The molecule has 110 valence electrons. The Labute approximate surface area is 124 Å². The molecule has 5 heteroatoms. The maximum absolute atomic E-state index is 11.4. The molecule has 0 saturated heterocycles. The Morgan fingerprint density at radius 3 is 2.67 bits per heavy atom. The predicted molar refractivity (Wildman–Crippen MR) is 80.5 cm³/mol. The SMILES string of the molecule is C[C@@H](N)C(=O)NCc1ccc(OCc2ccccn2)cc1. The van der Waals surface area contributed by atoms with Crippen LogP contribution >= 0.6 is 0 Å². The molecule has 0 radical (unpaired) electrons. The van der Waals surface area contributed by atoms with Gasteiger partial charge in [0, 0.05) is 12.7 Å². The number of nitrogens with two attached hydrogens (primary N) is 1. The number of rotatable bonds is 6. The number of hydrogen-bond donors (Lipinski definition) is 2. The Hall–Kier alpha value is -2.40. The van der Waals surface area contributed by atoms with Crippen LogP contribution in [0.4, 0.5) is 0 Å². The molecular weight excluding hydrogens is 266 g/mol. The summed E-state index contributed by atoms with van der Waals surface area (Å²) in [5, 5.41) is 2.76. The summed E-state index contributed by atoms with van der Waals surface area (Å²) in [6, 6.07) is 12.8. The number of ether oxygens (including phenoxy) is 1. The molecule has 1 heterocycles. The minimum atomic E-state index is -0.494. The third kappa shape index (κ3) is 4.89. The third-order valence-electron chi connectivity index (χ3n) is 2.92. The highest BCUT2D eigenvalue weighted by atomic mass is 16.5. The fourth-order valence-corrected chi connectivity index (χ4v) is 1.69. The van der Waals surface area contributed by atoms with Crippen molar-refractivity contribution in [3.63, 3.8) is 0 Å². The molecule has 1 amide bonds. The molecule has 2 rings (SSSR count). The molecule has 21 heavy (non-hydrogen) atoms. The minimum absolute atomic E-state index is 0.162. The number of nitrogens with zero attached hydrogens (tertiary/aromatic N) is 1. The summed E-state index contributed by atoms with van der Waals surface area (Å²) in [6.45, 7) is 2.55. The first-order chi connectivity index (χ1) is 10.1. The second-order valence-corrected chi connectivity index (χ2v) is 4.76. The van der Waals surface area contributed by atoms with E-state index < -0.39 is 6.04 Å². The van der Waals surface area contributed by atoms with Gasteiger partial charge in [-0.25, -0.2) is 0 Å². The lowest BCUT2D eigenvalue weighted by atomic mass is 10.2.